The molecule has 0 aromatic heterocycles. The standard InChI is InChI=1S/C15H21ClN2O3S/c1-2-18(14-7-8-22(20,21)11-14)10-15(19)17-9-12-3-5-13(16)6-4-12/h3-6,14H,2,7-11H2,1H3,(H,17,19). The highest BCUT2D eigenvalue weighted by Crippen LogP contribution is 2.17. The summed E-state index contributed by atoms with van der Waals surface area (Å²) in [6.45, 7) is 3.27. The summed E-state index contributed by atoms with van der Waals surface area (Å²) in [7, 11) is -2.93. The molecule has 1 aliphatic heterocycles. The van der Waals surface area contributed by atoms with Gasteiger partial charge in [-0.05, 0) is 30.7 Å². The van der Waals surface area contributed by atoms with E-state index in [2.05, 4.69) is 5.32 Å². The van der Waals surface area contributed by atoms with Crippen LogP contribution in [0.1, 0.15) is 18.9 Å². The average molecular weight is 345 g/mol. The Labute approximate surface area is 136 Å². The van der Waals surface area contributed by atoms with E-state index in [4.69, 9.17) is 11.6 Å². The molecular formula is C15H21ClN2O3S. The van der Waals surface area contributed by atoms with Gasteiger partial charge in [-0.1, -0.05) is 30.7 Å². The maximum atomic E-state index is 12.0. The molecule has 0 spiro atoms. The van der Waals surface area contributed by atoms with Crippen LogP contribution < -0.4 is 5.32 Å². The minimum absolute atomic E-state index is 0.0451. The molecule has 122 valence electrons. The Morgan fingerprint density at radius 1 is 1.36 bits per heavy atom. The fourth-order valence-electron chi connectivity index (χ4n) is 2.61. The van der Waals surface area contributed by atoms with Crippen molar-refractivity contribution in [1.29, 1.82) is 0 Å². The van der Waals surface area contributed by atoms with Crippen LogP contribution in [-0.2, 0) is 21.2 Å². The van der Waals surface area contributed by atoms with E-state index in [1.807, 2.05) is 24.0 Å². The SMILES string of the molecule is CCN(CC(=O)NCc1ccc(Cl)cc1)C1CCS(=O)(=O)C1. The molecule has 0 bridgehead atoms. The van der Waals surface area contributed by atoms with Gasteiger partial charge in [-0.3, -0.25) is 9.69 Å². The van der Waals surface area contributed by atoms with Crippen LogP contribution in [0, 0.1) is 0 Å². The molecule has 1 heterocycles. The van der Waals surface area contributed by atoms with Crippen molar-refractivity contribution in [2.45, 2.75) is 25.9 Å². The number of nitrogens with one attached hydrogen (secondary N) is 1. The summed E-state index contributed by atoms with van der Waals surface area (Å²) in [5.74, 6) is 0.285. The summed E-state index contributed by atoms with van der Waals surface area (Å²) in [4.78, 5) is 14.0. The Hall–Kier alpha value is -1.11. The number of benzene rings is 1. The lowest BCUT2D eigenvalue weighted by molar-refractivity contribution is -0.122. The second-order valence-corrected chi connectivity index (χ2v) is 8.19. The molecule has 7 heteroatoms. The molecule has 1 amide bonds. The summed E-state index contributed by atoms with van der Waals surface area (Å²) in [6.07, 6.45) is 0.612. The lowest BCUT2D eigenvalue weighted by Gasteiger charge is -2.25. The molecule has 1 unspecified atom stereocenters. The van der Waals surface area contributed by atoms with Gasteiger partial charge in [-0.2, -0.15) is 0 Å². The monoisotopic (exact) mass is 344 g/mol. The highest BCUT2D eigenvalue weighted by Gasteiger charge is 2.32. The van der Waals surface area contributed by atoms with Gasteiger partial charge < -0.3 is 5.32 Å². The first-order valence-corrected chi connectivity index (χ1v) is 9.55. The molecule has 1 N–H and O–H groups in total. The minimum Gasteiger partial charge on any atom is -0.351 e. The van der Waals surface area contributed by atoms with Crippen LogP contribution in [-0.4, -0.2) is 49.9 Å². The van der Waals surface area contributed by atoms with Crippen LogP contribution in [0.25, 0.3) is 0 Å². The number of rotatable bonds is 6. The maximum Gasteiger partial charge on any atom is 0.234 e. The normalized spacial score (nSPS) is 20.2. The number of halogens is 1. The second-order valence-electron chi connectivity index (χ2n) is 5.52. The largest absolute Gasteiger partial charge is 0.351 e. The predicted octanol–water partition coefficient (Wildman–Crippen LogP) is 1.47. The first kappa shape index (κ1) is 17.2. The number of amides is 1. The number of hydrogen-bond donors (Lipinski definition) is 1. The lowest BCUT2D eigenvalue weighted by Crippen LogP contribution is -2.43. The van der Waals surface area contributed by atoms with Crippen LogP contribution in [0.5, 0.6) is 0 Å². The zero-order chi connectivity index (χ0) is 16.2. The zero-order valence-corrected chi connectivity index (χ0v) is 14.2. The average Bonchev–Trinajstić information content (AvgIpc) is 2.84. The Balaban J connectivity index is 1.83. The van der Waals surface area contributed by atoms with Gasteiger partial charge in [0.1, 0.15) is 0 Å². The van der Waals surface area contributed by atoms with Crippen molar-refractivity contribution in [2.75, 3.05) is 24.6 Å². The molecule has 5 nitrogen and oxygen atoms in total. The summed E-state index contributed by atoms with van der Waals surface area (Å²) in [5, 5.41) is 3.52. The molecule has 1 aromatic carbocycles. The van der Waals surface area contributed by atoms with Gasteiger partial charge in [-0.25, -0.2) is 8.42 Å². The third-order valence-electron chi connectivity index (χ3n) is 3.88. The molecule has 2 rings (SSSR count). The number of carbonyl (C=O) groups excluding carboxylic acids is 1. The van der Waals surface area contributed by atoms with Crippen molar-refractivity contribution in [3.05, 3.63) is 34.9 Å². The van der Waals surface area contributed by atoms with E-state index in [1.165, 1.54) is 0 Å². The summed E-state index contributed by atoms with van der Waals surface area (Å²) in [5.41, 5.74) is 0.976. The number of sulfone groups is 1. The fraction of sp³-hybridized carbons (Fsp3) is 0.533. The van der Waals surface area contributed by atoms with E-state index in [0.29, 0.717) is 24.5 Å². The number of nitrogens with zero attached hydrogens (tertiary/aromatic N) is 1. The van der Waals surface area contributed by atoms with Crippen molar-refractivity contribution in [3.63, 3.8) is 0 Å². The fourth-order valence-corrected chi connectivity index (χ4v) is 4.49. The highest BCUT2D eigenvalue weighted by atomic mass is 35.5. The Morgan fingerprint density at radius 3 is 2.59 bits per heavy atom. The lowest BCUT2D eigenvalue weighted by atomic mass is 10.2. The van der Waals surface area contributed by atoms with Gasteiger partial charge in [-0.15, -0.1) is 0 Å². The van der Waals surface area contributed by atoms with E-state index in [1.54, 1.807) is 12.1 Å². The Morgan fingerprint density at radius 2 is 2.05 bits per heavy atom. The number of likely N-dealkylation sites (N-methyl/N-ethyl adjacent to an activating group) is 1. The second kappa shape index (κ2) is 7.44. The molecule has 1 atom stereocenters. The number of carbonyl (C=O) groups is 1. The van der Waals surface area contributed by atoms with Crippen molar-refractivity contribution >= 4 is 27.3 Å². The third kappa shape index (κ3) is 4.97. The molecule has 1 fully saturated rings. The molecule has 0 aliphatic carbocycles. The smallest absolute Gasteiger partial charge is 0.234 e. The first-order valence-electron chi connectivity index (χ1n) is 7.35. The molecular weight excluding hydrogens is 324 g/mol. The van der Waals surface area contributed by atoms with Gasteiger partial charge in [0.25, 0.3) is 0 Å². The molecule has 1 aliphatic rings. The Kier molecular flexibility index (Phi) is 5.83. The zero-order valence-electron chi connectivity index (χ0n) is 12.6. The maximum absolute atomic E-state index is 12.0. The first-order chi connectivity index (χ1) is 10.4. The van der Waals surface area contributed by atoms with Crippen LogP contribution in [0.15, 0.2) is 24.3 Å². The summed E-state index contributed by atoms with van der Waals surface area (Å²) < 4.78 is 23.1. The van der Waals surface area contributed by atoms with Gasteiger partial charge in [0, 0.05) is 17.6 Å². The van der Waals surface area contributed by atoms with Crippen LogP contribution in [0.2, 0.25) is 5.02 Å². The van der Waals surface area contributed by atoms with E-state index < -0.39 is 9.84 Å². The van der Waals surface area contributed by atoms with Gasteiger partial charge in [0.05, 0.1) is 18.1 Å². The van der Waals surface area contributed by atoms with Crippen LogP contribution >= 0.6 is 11.6 Å². The summed E-state index contributed by atoms with van der Waals surface area (Å²) >= 11 is 5.81. The van der Waals surface area contributed by atoms with E-state index in [0.717, 1.165) is 5.56 Å². The van der Waals surface area contributed by atoms with Crippen molar-refractivity contribution in [1.82, 2.24) is 10.2 Å². The van der Waals surface area contributed by atoms with E-state index in [9.17, 15) is 13.2 Å². The highest BCUT2D eigenvalue weighted by molar-refractivity contribution is 7.91. The predicted molar refractivity (Wildman–Crippen MR) is 87.6 cm³/mol. The molecule has 1 saturated heterocycles. The van der Waals surface area contributed by atoms with E-state index >= 15 is 0 Å². The molecule has 22 heavy (non-hydrogen) atoms. The number of hydrogen-bond acceptors (Lipinski definition) is 4. The van der Waals surface area contributed by atoms with Crippen molar-refractivity contribution in [3.8, 4) is 0 Å². The minimum atomic E-state index is -2.93. The van der Waals surface area contributed by atoms with Crippen molar-refractivity contribution in [2.24, 2.45) is 0 Å². The van der Waals surface area contributed by atoms with Crippen LogP contribution in [0.4, 0.5) is 0 Å². The molecule has 0 saturated carbocycles. The van der Waals surface area contributed by atoms with Crippen LogP contribution in [0.3, 0.4) is 0 Å². The quantitative estimate of drug-likeness (QED) is 0.848. The van der Waals surface area contributed by atoms with Gasteiger partial charge in [0.2, 0.25) is 5.91 Å². The molecule has 1 aromatic rings. The molecule has 0 radical (unpaired) electrons. The van der Waals surface area contributed by atoms with E-state index in [-0.39, 0.29) is 30.0 Å². The topological polar surface area (TPSA) is 66.5 Å². The Bertz CT molecular complexity index is 616. The van der Waals surface area contributed by atoms with Gasteiger partial charge in [0.15, 0.2) is 9.84 Å². The van der Waals surface area contributed by atoms with Gasteiger partial charge >= 0.3 is 0 Å². The third-order valence-corrected chi connectivity index (χ3v) is 5.88. The summed E-state index contributed by atoms with van der Waals surface area (Å²) in [6, 6.07) is 7.25. The van der Waals surface area contributed by atoms with Crippen molar-refractivity contribution < 1.29 is 13.2 Å².